The maximum atomic E-state index is 10.0. The molecule has 3 aliphatic rings. The molecule has 0 aromatic rings. The maximum Gasteiger partial charge on any atom is 0.0602 e. The summed E-state index contributed by atoms with van der Waals surface area (Å²) in [6.45, 7) is 8.81. The second kappa shape index (κ2) is 9.24. The van der Waals surface area contributed by atoms with Crippen LogP contribution in [0.4, 0.5) is 0 Å². The molecule has 0 heterocycles. The molecule has 2 unspecified atom stereocenters. The van der Waals surface area contributed by atoms with Crippen LogP contribution in [0, 0.1) is 23.2 Å². The van der Waals surface area contributed by atoms with Gasteiger partial charge in [-0.1, -0.05) is 50.0 Å². The summed E-state index contributed by atoms with van der Waals surface area (Å²) in [5, 5.41) is 29.9. The third kappa shape index (κ3) is 5.74. The molecule has 3 aliphatic carbocycles. The Morgan fingerprint density at radius 1 is 1.14 bits per heavy atom. The summed E-state index contributed by atoms with van der Waals surface area (Å²) in [5.41, 5.74) is 2.66. The molecule has 0 aromatic carbocycles. The van der Waals surface area contributed by atoms with E-state index < -0.39 is 5.60 Å². The van der Waals surface area contributed by atoms with Crippen molar-refractivity contribution in [3.05, 3.63) is 23.3 Å². The Labute approximate surface area is 178 Å². The second-order valence-corrected chi connectivity index (χ2v) is 11.3. The van der Waals surface area contributed by atoms with Crippen molar-refractivity contribution in [3.63, 3.8) is 0 Å². The van der Waals surface area contributed by atoms with E-state index in [0.29, 0.717) is 36.5 Å². The van der Waals surface area contributed by atoms with Crippen molar-refractivity contribution in [1.82, 2.24) is 0 Å². The van der Waals surface area contributed by atoms with Crippen LogP contribution < -0.4 is 0 Å². The highest BCUT2D eigenvalue weighted by Crippen LogP contribution is 2.59. The van der Waals surface area contributed by atoms with Gasteiger partial charge in [-0.3, -0.25) is 0 Å². The van der Waals surface area contributed by atoms with Crippen molar-refractivity contribution in [1.29, 1.82) is 0 Å². The second-order valence-electron chi connectivity index (χ2n) is 11.3. The zero-order valence-electron chi connectivity index (χ0n) is 19.2. The van der Waals surface area contributed by atoms with Gasteiger partial charge in [-0.2, -0.15) is 0 Å². The largest absolute Gasteiger partial charge is 0.393 e. The van der Waals surface area contributed by atoms with Gasteiger partial charge < -0.3 is 15.3 Å². The zero-order valence-corrected chi connectivity index (χ0v) is 19.2. The standard InChI is InChI=1S/C26H44O3/c1-18(7-5-13-25(2,3)29)23-11-12-24-20(8-6-14-26(23,24)4)10-9-19-15-21(27)17-22(28)16-19/h9-10,18,21-24,27-29H,5-8,11-17H2,1-4H3/b19-9?,20-10+/t18-,21-,22+,23?,24?,26-/m1/s1. The van der Waals surface area contributed by atoms with E-state index in [1.165, 1.54) is 44.1 Å². The Morgan fingerprint density at radius 3 is 2.48 bits per heavy atom. The number of allylic oxidation sites excluding steroid dienone is 3. The summed E-state index contributed by atoms with van der Waals surface area (Å²) in [5.74, 6) is 2.19. The van der Waals surface area contributed by atoms with E-state index >= 15 is 0 Å². The number of aliphatic hydroxyl groups is 3. The van der Waals surface area contributed by atoms with Crippen LogP contribution in [0.2, 0.25) is 0 Å². The summed E-state index contributed by atoms with van der Waals surface area (Å²) < 4.78 is 0. The summed E-state index contributed by atoms with van der Waals surface area (Å²) in [7, 11) is 0. The van der Waals surface area contributed by atoms with Crippen molar-refractivity contribution in [3.8, 4) is 0 Å². The van der Waals surface area contributed by atoms with E-state index in [0.717, 1.165) is 18.8 Å². The molecule has 3 rings (SSSR count). The topological polar surface area (TPSA) is 60.7 Å². The van der Waals surface area contributed by atoms with E-state index in [4.69, 9.17) is 0 Å². The highest BCUT2D eigenvalue weighted by Gasteiger charge is 2.50. The van der Waals surface area contributed by atoms with E-state index in [1.54, 1.807) is 5.57 Å². The minimum absolute atomic E-state index is 0.388. The number of aliphatic hydroxyl groups excluding tert-OH is 2. The molecule has 0 amide bonds. The van der Waals surface area contributed by atoms with Crippen molar-refractivity contribution in [2.75, 3.05) is 0 Å². The molecule has 3 fully saturated rings. The Bertz CT molecular complexity index is 602. The Morgan fingerprint density at radius 2 is 1.83 bits per heavy atom. The highest BCUT2D eigenvalue weighted by atomic mass is 16.3. The molecule has 3 heteroatoms. The summed E-state index contributed by atoms with van der Waals surface area (Å²) >= 11 is 0. The minimum atomic E-state index is -0.545. The number of hydrogen-bond donors (Lipinski definition) is 3. The lowest BCUT2D eigenvalue weighted by molar-refractivity contribution is 0.0591. The van der Waals surface area contributed by atoms with Gasteiger partial charge in [-0.25, -0.2) is 0 Å². The van der Waals surface area contributed by atoms with Crippen molar-refractivity contribution in [2.24, 2.45) is 23.2 Å². The molecule has 0 spiro atoms. The molecule has 0 aromatic heterocycles. The van der Waals surface area contributed by atoms with Gasteiger partial charge in [0.15, 0.2) is 0 Å². The van der Waals surface area contributed by atoms with Crippen LogP contribution in [0.5, 0.6) is 0 Å². The fraction of sp³-hybridized carbons (Fsp3) is 0.846. The lowest BCUT2D eigenvalue weighted by Crippen LogP contribution is -2.36. The fourth-order valence-electron chi connectivity index (χ4n) is 6.80. The summed E-state index contributed by atoms with van der Waals surface area (Å²) in [4.78, 5) is 0. The fourth-order valence-corrected chi connectivity index (χ4v) is 6.80. The van der Waals surface area contributed by atoms with Crippen LogP contribution in [-0.2, 0) is 0 Å². The van der Waals surface area contributed by atoms with Gasteiger partial charge in [-0.05, 0) is 94.8 Å². The lowest BCUT2D eigenvalue weighted by atomic mass is 9.60. The van der Waals surface area contributed by atoms with Crippen LogP contribution in [0.1, 0.15) is 98.3 Å². The molecule has 3 nitrogen and oxygen atoms in total. The normalized spacial score (nSPS) is 39.7. The molecule has 6 atom stereocenters. The van der Waals surface area contributed by atoms with E-state index in [-0.39, 0.29) is 12.2 Å². The monoisotopic (exact) mass is 404 g/mol. The Kier molecular flexibility index (Phi) is 7.34. The van der Waals surface area contributed by atoms with Gasteiger partial charge in [0.1, 0.15) is 0 Å². The molecular weight excluding hydrogens is 360 g/mol. The van der Waals surface area contributed by atoms with Gasteiger partial charge in [-0.15, -0.1) is 0 Å². The van der Waals surface area contributed by atoms with E-state index in [9.17, 15) is 15.3 Å². The van der Waals surface area contributed by atoms with Crippen molar-refractivity contribution >= 4 is 0 Å². The van der Waals surface area contributed by atoms with Gasteiger partial charge in [0.2, 0.25) is 0 Å². The van der Waals surface area contributed by atoms with Crippen LogP contribution in [0.25, 0.3) is 0 Å². The van der Waals surface area contributed by atoms with Gasteiger partial charge in [0.05, 0.1) is 17.8 Å². The molecule has 0 bridgehead atoms. The average Bonchev–Trinajstić information content (AvgIpc) is 2.95. The van der Waals surface area contributed by atoms with E-state index in [1.807, 2.05) is 13.8 Å². The molecule has 3 N–H and O–H groups in total. The van der Waals surface area contributed by atoms with Crippen LogP contribution >= 0.6 is 0 Å². The van der Waals surface area contributed by atoms with Crippen LogP contribution in [0.3, 0.4) is 0 Å². The van der Waals surface area contributed by atoms with Crippen LogP contribution in [-0.4, -0.2) is 33.1 Å². The maximum absolute atomic E-state index is 10.0. The zero-order chi connectivity index (χ0) is 21.2. The highest BCUT2D eigenvalue weighted by molar-refractivity contribution is 5.26. The van der Waals surface area contributed by atoms with Gasteiger partial charge >= 0.3 is 0 Å². The van der Waals surface area contributed by atoms with Crippen molar-refractivity contribution in [2.45, 2.75) is 116 Å². The molecule has 3 saturated carbocycles. The minimum Gasteiger partial charge on any atom is -0.393 e. The van der Waals surface area contributed by atoms with Crippen molar-refractivity contribution < 1.29 is 15.3 Å². The first kappa shape index (κ1) is 23.0. The van der Waals surface area contributed by atoms with Gasteiger partial charge in [0.25, 0.3) is 0 Å². The predicted molar refractivity (Wildman–Crippen MR) is 120 cm³/mol. The first-order valence-electron chi connectivity index (χ1n) is 12.1. The lowest BCUT2D eigenvalue weighted by Gasteiger charge is -2.44. The first-order chi connectivity index (χ1) is 13.6. The van der Waals surface area contributed by atoms with Gasteiger partial charge in [0, 0.05) is 0 Å². The number of hydrogen-bond acceptors (Lipinski definition) is 3. The summed E-state index contributed by atoms with van der Waals surface area (Å²) in [6, 6.07) is 0. The SMILES string of the molecule is C[C@H](CCCC(C)(C)O)C1CCC2/C(=C/C=C3C[C@@H](O)C[C@@H](O)C3)CCC[C@@]21C. The third-order valence-electron chi connectivity index (χ3n) is 8.25. The summed E-state index contributed by atoms with van der Waals surface area (Å²) in [6.07, 6.45) is 15.4. The Hall–Kier alpha value is -0.640. The smallest absolute Gasteiger partial charge is 0.0602 e. The Balaban J connectivity index is 1.66. The molecule has 0 aliphatic heterocycles. The van der Waals surface area contributed by atoms with Crippen LogP contribution in [0.15, 0.2) is 23.3 Å². The molecular formula is C26H44O3. The predicted octanol–water partition coefficient (Wildman–Crippen LogP) is 5.54. The average molecular weight is 405 g/mol. The first-order valence-corrected chi connectivity index (χ1v) is 12.1. The third-order valence-corrected chi connectivity index (χ3v) is 8.25. The quantitative estimate of drug-likeness (QED) is 0.545. The molecule has 0 saturated heterocycles. The molecule has 0 radical (unpaired) electrons. The molecule has 29 heavy (non-hydrogen) atoms. The number of rotatable bonds is 6. The van der Waals surface area contributed by atoms with E-state index in [2.05, 4.69) is 26.0 Å². The number of fused-ring (bicyclic) bond motifs is 1. The molecule has 166 valence electrons.